The smallest absolute Gasteiger partial charge is 0.129 e. The third kappa shape index (κ3) is 1.17. The molecular weight excluding hydrogens is 120 g/mol. The first kappa shape index (κ1) is 5.51. The lowest BCUT2D eigenvalue weighted by Gasteiger charge is -1.77. The van der Waals surface area contributed by atoms with Crippen LogP contribution in [0.2, 0.25) is 0 Å². The van der Waals surface area contributed by atoms with E-state index in [0.717, 1.165) is 11.2 Å². The monoisotopic (exact) mass is 125 g/mol. The molecule has 1 aromatic heterocycles. The summed E-state index contributed by atoms with van der Waals surface area (Å²) >= 11 is 1.56. The molecule has 1 nitrogen and oxygen atoms in total. The maximum Gasteiger partial charge on any atom is 0.129 e. The molecule has 0 aliphatic carbocycles. The zero-order valence-electron chi connectivity index (χ0n) is 4.20. The third-order valence-electron chi connectivity index (χ3n) is 0.775. The zero-order chi connectivity index (χ0) is 5.82. The molecule has 0 fully saturated rings. The van der Waals surface area contributed by atoms with Gasteiger partial charge in [0.2, 0.25) is 0 Å². The van der Waals surface area contributed by atoms with E-state index in [1.54, 1.807) is 17.8 Å². The minimum absolute atomic E-state index is 0.797. The average Bonchev–Trinajstić information content (AvgIpc) is 2.19. The Bertz CT molecular complexity index is 155. The van der Waals surface area contributed by atoms with Crippen molar-refractivity contribution in [1.82, 2.24) is 0 Å². The Kier molecular flexibility index (Phi) is 1.80. The lowest BCUT2D eigenvalue weighted by atomic mass is 10.4. The summed E-state index contributed by atoms with van der Waals surface area (Å²) in [7, 11) is 0. The highest BCUT2D eigenvalue weighted by atomic mass is 32.1. The molecule has 0 aliphatic heterocycles. The summed E-state index contributed by atoms with van der Waals surface area (Å²) in [5.41, 5.74) is 0. The fourth-order valence-corrected chi connectivity index (χ4v) is 1.06. The highest BCUT2D eigenvalue weighted by molar-refractivity contribution is 7.10. The van der Waals surface area contributed by atoms with Crippen molar-refractivity contribution in [2.45, 2.75) is 0 Å². The number of carbonyl (C=O) groups excluding carboxylic acids is 1. The van der Waals surface area contributed by atoms with Crippen LogP contribution in [0.3, 0.4) is 0 Å². The van der Waals surface area contributed by atoms with Gasteiger partial charge in [-0.3, -0.25) is 0 Å². The van der Waals surface area contributed by atoms with Gasteiger partial charge in [-0.15, -0.1) is 11.3 Å². The second-order valence-corrected chi connectivity index (χ2v) is 2.30. The van der Waals surface area contributed by atoms with Gasteiger partial charge in [0.1, 0.15) is 6.29 Å². The predicted octanol–water partition coefficient (Wildman–Crippen LogP) is 1.50. The lowest BCUT2D eigenvalue weighted by molar-refractivity contribution is -0.104. The molecule has 0 aliphatic rings. The van der Waals surface area contributed by atoms with Crippen LogP contribution in [0.15, 0.2) is 17.5 Å². The van der Waals surface area contributed by atoms with Crippen LogP contribution in [0.4, 0.5) is 0 Å². The first-order valence-corrected chi connectivity index (χ1v) is 3.13. The molecule has 0 aromatic carbocycles. The largest absolute Gasteiger partial charge is 0.303 e. The van der Waals surface area contributed by atoms with Gasteiger partial charge in [0.05, 0.1) is 6.42 Å². The summed E-state index contributed by atoms with van der Waals surface area (Å²) < 4.78 is 0. The van der Waals surface area contributed by atoms with E-state index in [4.69, 9.17) is 0 Å². The van der Waals surface area contributed by atoms with Crippen molar-refractivity contribution >= 4 is 17.6 Å². The normalized spacial score (nSPS) is 9.00. The molecule has 1 heterocycles. The summed E-state index contributed by atoms with van der Waals surface area (Å²) in [6, 6.07) is 3.82. The van der Waals surface area contributed by atoms with Crippen molar-refractivity contribution < 1.29 is 4.79 Å². The van der Waals surface area contributed by atoms with Crippen LogP contribution >= 0.6 is 11.3 Å². The van der Waals surface area contributed by atoms with Crippen molar-refractivity contribution in [3.8, 4) is 0 Å². The maximum atomic E-state index is 9.82. The molecule has 0 bridgehead atoms. The molecule has 1 aromatic rings. The fraction of sp³-hybridized carbons (Fsp3) is 0. The molecule has 0 saturated carbocycles. The van der Waals surface area contributed by atoms with Gasteiger partial charge in [-0.25, -0.2) is 0 Å². The van der Waals surface area contributed by atoms with Crippen LogP contribution in [-0.4, -0.2) is 6.29 Å². The summed E-state index contributed by atoms with van der Waals surface area (Å²) in [5, 5.41) is 1.94. The van der Waals surface area contributed by atoms with Gasteiger partial charge >= 0.3 is 0 Å². The average molecular weight is 125 g/mol. The van der Waals surface area contributed by atoms with Crippen LogP contribution < -0.4 is 0 Å². The molecule has 0 unspecified atom stereocenters. The van der Waals surface area contributed by atoms with E-state index in [9.17, 15) is 4.79 Å². The zero-order valence-corrected chi connectivity index (χ0v) is 5.02. The molecule has 0 spiro atoms. The van der Waals surface area contributed by atoms with E-state index in [0.29, 0.717) is 0 Å². The number of aldehydes is 1. The molecule has 0 amide bonds. The minimum atomic E-state index is 0.797. The van der Waals surface area contributed by atoms with Crippen molar-refractivity contribution in [2.75, 3.05) is 0 Å². The van der Waals surface area contributed by atoms with Gasteiger partial charge in [-0.2, -0.15) is 0 Å². The highest BCUT2D eigenvalue weighted by Crippen LogP contribution is 2.08. The Balaban J connectivity index is 2.62. The topological polar surface area (TPSA) is 17.1 Å². The van der Waals surface area contributed by atoms with Crippen LogP contribution in [0.25, 0.3) is 0 Å². The summed E-state index contributed by atoms with van der Waals surface area (Å²) in [6.07, 6.45) is 2.34. The Labute approximate surface area is 52.0 Å². The second-order valence-electron chi connectivity index (χ2n) is 1.32. The van der Waals surface area contributed by atoms with Crippen molar-refractivity contribution in [3.05, 3.63) is 28.8 Å². The van der Waals surface area contributed by atoms with E-state index < -0.39 is 0 Å². The molecule has 1 radical (unpaired) electrons. The Morgan fingerprint density at radius 1 is 1.62 bits per heavy atom. The number of rotatable bonds is 2. The van der Waals surface area contributed by atoms with Crippen molar-refractivity contribution in [3.63, 3.8) is 0 Å². The first-order valence-electron chi connectivity index (χ1n) is 2.25. The van der Waals surface area contributed by atoms with Crippen LogP contribution in [0.5, 0.6) is 0 Å². The second kappa shape index (κ2) is 2.62. The number of hydrogen-bond acceptors (Lipinski definition) is 2. The van der Waals surface area contributed by atoms with Crippen molar-refractivity contribution in [2.24, 2.45) is 0 Å². The fourth-order valence-electron chi connectivity index (χ4n) is 0.453. The highest BCUT2D eigenvalue weighted by Gasteiger charge is 1.88. The van der Waals surface area contributed by atoms with Crippen molar-refractivity contribution in [1.29, 1.82) is 0 Å². The molecule has 2 heteroatoms. The SMILES string of the molecule is O=C[CH]c1cccs1. The lowest BCUT2D eigenvalue weighted by Crippen LogP contribution is -1.71. The van der Waals surface area contributed by atoms with E-state index in [2.05, 4.69) is 0 Å². The summed E-state index contributed by atoms with van der Waals surface area (Å²) in [6.45, 7) is 0. The van der Waals surface area contributed by atoms with Gasteiger partial charge in [0, 0.05) is 4.88 Å². The minimum Gasteiger partial charge on any atom is -0.303 e. The van der Waals surface area contributed by atoms with Crippen LogP contribution in [-0.2, 0) is 4.79 Å². The Morgan fingerprint density at radius 2 is 2.50 bits per heavy atom. The van der Waals surface area contributed by atoms with E-state index in [1.807, 2.05) is 17.5 Å². The van der Waals surface area contributed by atoms with Gasteiger partial charge < -0.3 is 4.79 Å². The van der Waals surface area contributed by atoms with E-state index in [-0.39, 0.29) is 0 Å². The molecular formula is C6H5OS. The Morgan fingerprint density at radius 3 is 3.00 bits per heavy atom. The summed E-state index contributed by atoms with van der Waals surface area (Å²) in [4.78, 5) is 10.8. The molecule has 0 N–H and O–H groups in total. The first-order chi connectivity index (χ1) is 3.93. The van der Waals surface area contributed by atoms with Gasteiger partial charge in [-0.05, 0) is 11.4 Å². The summed E-state index contributed by atoms with van der Waals surface area (Å²) in [5.74, 6) is 0. The van der Waals surface area contributed by atoms with Crippen LogP contribution in [0, 0.1) is 6.42 Å². The number of hydrogen-bond donors (Lipinski definition) is 0. The van der Waals surface area contributed by atoms with E-state index >= 15 is 0 Å². The number of thiophene rings is 1. The predicted molar refractivity (Wildman–Crippen MR) is 33.8 cm³/mol. The van der Waals surface area contributed by atoms with Gasteiger partial charge in [-0.1, -0.05) is 6.07 Å². The van der Waals surface area contributed by atoms with Gasteiger partial charge in [0.25, 0.3) is 0 Å². The molecule has 0 atom stereocenters. The Hall–Kier alpha value is -0.630. The third-order valence-corrected chi connectivity index (χ3v) is 1.61. The van der Waals surface area contributed by atoms with Crippen LogP contribution in [0.1, 0.15) is 4.88 Å². The molecule has 8 heavy (non-hydrogen) atoms. The number of carbonyl (C=O) groups is 1. The molecule has 41 valence electrons. The standard InChI is InChI=1S/C6H5OS/c7-4-3-6-2-1-5-8-6/h1-5H. The van der Waals surface area contributed by atoms with E-state index in [1.165, 1.54) is 0 Å². The quantitative estimate of drug-likeness (QED) is 0.547. The molecule has 0 saturated heterocycles. The maximum absolute atomic E-state index is 9.82. The van der Waals surface area contributed by atoms with Gasteiger partial charge in [0.15, 0.2) is 0 Å². The molecule has 1 rings (SSSR count).